The summed E-state index contributed by atoms with van der Waals surface area (Å²) in [5, 5.41) is 6.33. The molecule has 124 valence electrons. The van der Waals surface area contributed by atoms with E-state index in [-0.39, 0.29) is 11.8 Å². The van der Waals surface area contributed by atoms with Gasteiger partial charge in [0.15, 0.2) is 0 Å². The molecule has 1 saturated carbocycles. The molecule has 0 heterocycles. The van der Waals surface area contributed by atoms with Crippen LogP contribution in [0.25, 0.3) is 0 Å². The van der Waals surface area contributed by atoms with Gasteiger partial charge in [0.1, 0.15) is 5.41 Å². The quantitative estimate of drug-likeness (QED) is 0.777. The molecule has 0 aliphatic heterocycles. The minimum atomic E-state index is -1.02. The highest BCUT2D eigenvalue weighted by Crippen LogP contribution is 2.47. The summed E-state index contributed by atoms with van der Waals surface area (Å²) in [5.41, 5.74) is 1.23. The Morgan fingerprint density at radius 3 is 2.08 bits per heavy atom. The Bertz CT molecular complexity index is 816. The van der Waals surface area contributed by atoms with Gasteiger partial charge in [0, 0.05) is 11.4 Å². The number of aryl methyl sites for hydroxylation is 1. The first-order valence-corrected chi connectivity index (χ1v) is 8.31. The fraction of sp³-hybridized carbons (Fsp3) is 0.222. The third-order valence-electron chi connectivity index (χ3n) is 4.07. The molecule has 0 radical (unpaired) electrons. The predicted octanol–water partition coefficient (Wildman–Crippen LogP) is 4.66. The molecule has 2 aromatic rings. The Morgan fingerprint density at radius 1 is 0.917 bits per heavy atom. The van der Waals surface area contributed by atoms with Crippen molar-refractivity contribution in [2.24, 2.45) is 5.41 Å². The summed E-state index contributed by atoms with van der Waals surface area (Å²) in [6.45, 7) is 1.94. The van der Waals surface area contributed by atoms with Crippen LogP contribution in [0.1, 0.15) is 18.4 Å². The van der Waals surface area contributed by atoms with Gasteiger partial charge in [-0.25, -0.2) is 0 Å². The summed E-state index contributed by atoms with van der Waals surface area (Å²) in [5.74, 6) is -0.614. The normalized spacial score (nSPS) is 14.8. The number of hydrogen-bond acceptors (Lipinski definition) is 2. The molecule has 0 saturated heterocycles. The van der Waals surface area contributed by atoms with E-state index >= 15 is 0 Å². The van der Waals surface area contributed by atoms with Crippen molar-refractivity contribution in [3.05, 3.63) is 58.1 Å². The van der Waals surface area contributed by atoms with E-state index in [2.05, 4.69) is 10.6 Å². The van der Waals surface area contributed by atoms with Gasteiger partial charge in [-0.05, 0) is 55.7 Å². The molecule has 2 amide bonds. The maximum absolute atomic E-state index is 12.5. The molecule has 0 aromatic heterocycles. The van der Waals surface area contributed by atoms with Crippen LogP contribution < -0.4 is 10.6 Å². The van der Waals surface area contributed by atoms with Gasteiger partial charge in [0.05, 0.1) is 10.0 Å². The van der Waals surface area contributed by atoms with Gasteiger partial charge in [0.25, 0.3) is 0 Å². The van der Waals surface area contributed by atoms with Crippen LogP contribution in [-0.2, 0) is 9.59 Å². The number of carbonyl (C=O) groups excluding carboxylic acids is 2. The summed E-state index contributed by atoms with van der Waals surface area (Å²) >= 11 is 11.8. The topological polar surface area (TPSA) is 58.2 Å². The second-order valence-electron chi connectivity index (χ2n) is 5.99. The summed E-state index contributed by atoms with van der Waals surface area (Å²) in [6.07, 6.45) is 1.05. The van der Waals surface area contributed by atoms with Crippen molar-refractivity contribution in [3.63, 3.8) is 0 Å². The lowest BCUT2D eigenvalue weighted by molar-refractivity contribution is -0.131. The van der Waals surface area contributed by atoms with E-state index in [1.54, 1.807) is 24.3 Å². The Hall–Kier alpha value is -2.04. The second kappa shape index (κ2) is 6.46. The molecule has 0 bridgehead atoms. The second-order valence-corrected chi connectivity index (χ2v) is 6.80. The molecule has 1 fully saturated rings. The minimum Gasteiger partial charge on any atom is -0.325 e. The molecule has 24 heavy (non-hydrogen) atoms. The number of nitrogens with one attached hydrogen (secondary N) is 2. The van der Waals surface area contributed by atoms with E-state index in [9.17, 15) is 9.59 Å². The van der Waals surface area contributed by atoms with Gasteiger partial charge in [-0.3, -0.25) is 9.59 Å². The van der Waals surface area contributed by atoms with Crippen molar-refractivity contribution in [1.29, 1.82) is 0 Å². The van der Waals surface area contributed by atoms with Gasteiger partial charge in [-0.1, -0.05) is 35.3 Å². The smallest absolute Gasteiger partial charge is 0.240 e. The van der Waals surface area contributed by atoms with Crippen LogP contribution in [0.15, 0.2) is 42.5 Å². The van der Waals surface area contributed by atoms with Crippen molar-refractivity contribution in [3.8, 4) is 0 Å². The van der Waals surface area contributed by atoms with Crippen LogP contribution in [0.3, 0.4) is 0 Å². The third kappa shape index (κ3) is 3.40. The molecule has 0 spiro atoms. The first-order valence-electron chi connectivity index (χ1n) is 7.55. The molecule has 0 atom stereocenters. The molecule has 3 rings (SSSR count). The van der Waals surface area contributed by atoms with Gasteiger partial charge in [-0.15, -0.1) is 0 Å². The maximum atomic E-state index is 12.5. The van der Waals surface area contributed by atoms with Crippen molar-refractivity contribution in [2.45, 2.75) is 19.8 Å². The largest absolute Gasteiger partial charge is 0.325 e. The lowest BCUT2D eigenvalue weighted by Gasteiger charge is -2.16. The number of hydrogen-bond donors (Lipinski definition) is 2. The van der Waals surface area contributed by atoms with E-state index in [1.807, 2.05) is 25.1 Å². The van der Waals surface area contributed by atoms with Crippen LogP contribution in [0.5, 0.6) is 0 Å². The van der Waals surface area contributed by atoms with Gasteiger partial charge in [-0.2, -0.15) is 0 Å². The van der Waals surface area contributed by atoms with E-state index in [4.69, 9.17) is 23.2 Å². The highest BCUT2D eigenvalue weighted by Gasteiger charge is 2.56. The highest BCUT2D eigenvalue weighted by molar-refractivity contribution is 6.42. The van der Waals surface area contributed by atoms with Crippen LogP contribution in [0.4, 0.5) is 11.4 Å². The molecule has 1 aliphatic rings. The SMILES string of the molecule is Cc1cccc(NC(=O)C2(C(=O)Nc3ccc(Cl)c(Cl)c3)CC2)c1. The molecule has 0 unspecified atom stereocenters. The third-order valence-corrected chi connectivity index (χ3v) is 4.81. The van der Waals surface area contributed by atoms with Crippen molar-refractivity contribution in [2.75, 3.05) is 10.6 Å². The van der Waals surface area contributed by atoms with Gasteiger partial charge in [0.2, 0.25) is 11.8 Å². The number of benzene rings is 2. The fourth-order valence-corrected chi connectivity index (χ4v) is 2.78. The molecule has 1 aliphatic carbocycles. The Morgan fingerprint density at radius 2 is 1.54 bits per heavy atom. The first-order chi connectivity index (χ1) is 11.4. The Labute approximate surface area is 150 Å². The number of rotatable bonds is 4. The molecular formula is C18H16Cl2N2O2. The number of halogens is 2. The number of carbonyl (C=O) groups is 2. The molecule has 2 N–H and O–H groups in total. The molecule has 4 nitrogen and oxygen atoms in total. The molecular weight excluding hydrogens is 347 g/mol. The van der Waals surface area contributed by atoms with Crippen molar-refractivity contribution >= 4 is 46.4 Å². The van der Waals surface area contributed by atoms with Crippen LogP contribution in [0, 0.1) is 12.3 Å². The molecule has 6 heteroatoms. The summed E-state index contributed by atoms with van der Waals surface area (Å²) in [7, 11) is 0. The average molecular weight is 363 g/mol. The van der Waals surface area contributed by atoms with Crippen LogP contribution >= 0.6 is 23.2 Å². The van der Waals surface area contributed by atoms with Crippen LogP contribution in [0.2, 0.25) is 10.0 Å². The van der Waals surface area contributed by atoms with Crippen molar-refractivity contribution in [1.82, 2.24) is 0 Å². The average Bonchev–Trinajstić information content (AvgIpc) is 3.33. The highest BCUT2D eigenvalue weighted by atomic mass is 35.5. The zero-order valence-electron chi connectivity index (χ0n) is 13.0. The van der Waals surface area contributed by atoms with E-state index in [1.165, 1.54) is 0 Å². The van der Waals surface area contributed by atoms with E-state index in [0.29, 0.717) is 34.3 Å². The number of amides is 2. The zero-order valence-corrected chi connectivity index (χ0v) is 14.5. The lowest BCUT2D eigenvalue weighted by Crippen LogP contribution is -2.35. The Kier molecular flexibility index (Phi) is 4.52. The summed E-state index contributed by atoms with van der Waals surface area (Å²) < 4.78 is 0. The monoisotopic (exact) mass is 362 g/mol. The predicted molar refractivity (Wildman–Crippen MR) is 96.6 cm³/mol. The maximum Gasteiger partial charge on any atom is 0.240 e. The lowest BCUT2D eigenvalue weighted by atomic mass is 10.0. The standard InChI is InChI=1S/C18H16Cl2N2O2/c1-11-3-2-4-12(9-11)21-16(23)18(7-8-18)17(24)22-13-5-6-14(19)15(20)10-13/h2-6,9-10H,7-8H2,1H3,(H,21,23)(H,22,24). The van der Waals surface area contributed by atoms with Crippen molar-refractivity contribution < 1.29 is 9.59 Å². The van der Waals surface area contributed by atoms with Gasteiger partial charge >= 0.3 is 0 Å². The minimum absolute atomic E-state index is 0.286. The first kappa shape index (κ1) is 16.8. The number of anilines is 2. The summed E-state index contributed by atoms with van der Waals surface area (Å²) in [4.78, 5) is 25.1. The van der Waals surface area contributed by atoms with E-state index in [0.717, 1.165) is 5.56 Å². The Balaban J connectivity index is 1.71. The zero-order chi connectivity index (χ0) is 17.3. The van der Waals surface area contributed by atoms with Gasteiger partial charge < -0.3 is 10.6 Å². The molecule has 2 aromatic carbocycles. The summed E-state index contributed by atoms with van der Waals surface area (Å²) in [6, 6.07) is 12.3. The van der Waals surface area contributed by atoms with E-state index < -0.39 is 5.41 Å². The fourth-order valence-electron chi connectivity index (χ4n) is 2.48. The van der Waals surface area contributed by atoms with Crippen LogP contribution in [-0.4, -0.2) is 11.8 Å².